The third-order valence-corrected chi connectivity index (χ3v) is 2.47. The standard InChI is InChI=1S/C8H6BrF2N3/c9-7-4(8(10)11)3-6(13)14-5(7)1-2-12/h3,8H,1H2,(H2,13,14). The highest BCUT2D eigenvalue weighted by molar-refractivity contribution is 9.10. The Labute approximate surface area is 87.7 Å². The van der Waals surface area contributed by atoms with Crippen molar-refractivity contribution in [2.24, 2.45) is 0 Å². The molecule has 0 aliphatic carbocycles. The SMILES string of the molecule is N#CCc1nc(N)cc(C(F)F)c1Br. The second kappa shape index (κ2) is 4.33. The summed E-state index contributed by atoms with van der Waals surface area (Å²) in [6.07, 6.45) is -2.68. The highest BCUT2D eigenvalue weighted by Gasteiger charge is 2.16. The smallest absolute Gasteiger partial charge is 0.265 e. The Bertz CT molecular complexity index is 387. The molecule has 74 valence electrons. The summed E-state index contributed by atoms with van der Waals surface area (Å²) in [5.74, 6) is -0.00579. The van der Waals surface area contributed by atoms with Gasteiger partial charge in [0.2, 0.25) is 0 Å². The number of pyridine rings is 1. The monoisotopic (exact) mass is 261 g/mol. The van der Waals surface area contributed by atoms with Crippen LogP contribution in [0.15, 0.2) is 10.5 Å². The number of nitrogens with two attached hydrogens (primary N) is 1. The van der Waals surface area contributed by atoms with Gasteiger partial charge in [0.1, 0.15) is 5.82 Å². The van der Waals surface area contributed by atoms with Gasteiger partial charge in [-0.1, -0.05) is 0 Å². The van der Waals surface area contributed by atoms with Gasteiger partial charge in [0, 0.05) is 10.0 Å². The molecule has 0 saturated carbocycles. The van der Waals surface area contributed by atoms with Crippen LogP contribution in [0, 0.1) is 11.3 Å². The first-order valence-electron chi connectivity index (χ1n) is 3.66. The van der Waals surface area contributed by atoms with E-state index in [1.165, 1.54) is 0 Å². The highest BCUT2D eigenvalue weighted by atomic mass is 79.9. The molecule has 6 heteroatoms. The third-order valence-electron chi connectivity index (χ3n) is 1.56. The fourth-order valence-electron chi connectivity index (χ4n) is 0.977. The summed E-state index contributed by atoms with van der Waals surface area (Å²) in [6, 6.07) is 2.92. The van der Waals surface area contributed by atoms with Crippen LogP contribution in [-0.4, -0.2) is 4.98 Å². The van der Waals surface area contributed by atoms with Crippen molar-refractivity contribution < 1.29 is 8.78 Å². The zero-order valence-electron chi connectivity index (χ0n) is 6.97. The van der Waals surface area contributed by atoms with Crippen LogP contribution in [0.4, 0.5) is 14.6 Å². The van der Waals surface area contributed by atoms with Crippen molar-refractivity contribution in [1.29, 1.82) is 5.26 Å². The maximum Gasteiger partial charge on any atom is 0.265 e. The number of aromatic nitrogens is 1. The zero-order chi connectivity index (χ0) is 10.7. The molecular formula is C8H6BrF2N3. The van der Waals surface area contributed by atoms with E-state index >= 15 is 0 Å². The van der Waals surface area contributed by atoms with Gasteiger partial charge in [-0.15, -0.1) is 0 Å². The Morgan fingerprint density at radius 3 is 2.79 bits per heavy atom. The van der Waals surface area contributed by atoms with Crippen molar-refractivity contribution in [1.82, 2.24) is 4.98 Å². The molecule has 1 aromatic rings. The lowest BCUT2D eigenvalue weighted by molar-refractivity contribution is 0.150. The summed E-state index contributed by atoms with van der Waals surface area (Å²) in [6.45, 7) is 0. The average Bonchev–Trinajstić information content (AvgIpc) is 2.10. The molecule has 1 heterocycles. The maximum absolute atomic E-state index is 12.4. The summed E-state index contributed by atoms with van der Waals surface area (Å²) in [7, 11) is 0. The molecule has 0 atom stereocenters. The van der Waals surface area contributed by atoms with Crippen LogP contribution in [0.25, 0.3) is 0 Å². The van der Waals surface area contributed by atoms with Crippen molar-refractivity contribution in [3.63, 3.8) is 0 Å². The van der Waals surface area contributed by atoms with Gasteiger partial charge in [0.15, 0.2) is 0 Å². The van der Waals surface area contributed by atoms with Crippen molar-refractivity contribution in [2.45, 2.75) is 12.8 Å². The predicted molar refractivity (Wildman–Crippen MR) is 50.6 cm³/mol. The van der Waals surface area contributed by atoms with E-state index in [0.717, 1.165) is 6.07 Å². The fourth-order valence-corrected chi connectivity index (χ4v) is 1.49. The second-order valence-corrected chi connectivity index (χ2v) is 3.33. The van der Waals surface area contributed by atoms with E-state index in [9.17, 15) is 8.78 Å². The van der Waals surface area contributed by atoms with Crippen molar-refractivity contribution in [3.05, 3.63) is 21.8 Å². The van der Waals surface area contributed by atoms with Crippen LogP contribution in [-0.2, 0) is 6.42 Å². The molecule has 0 amide bonds. The maximum atomic E-state index is 12.4. The van der Waals surface area contributed by atoms with Crippen LogP contribution >= 0.6 is 15.9 Å². The number of rotatable bonds is 2. The minimum Gasteiger partial charge on any atom is -0.384 e. The van der Waals surface area contributed by atoms with Gasteiger partial charge in [0.05, 0.1) is 18.2 Å². The molecule has 0 unspecified atom stereocenters. The van der Waals surface area contributed by atoms with Crippen LogP contribution in [0.1, 0.15) is 17.7 Å². The molecule has 2 N–H and O–H groups in total. The van der Waals surface area contributed by atoms with E-state index in [-0.39, 0.29) is 28.0 Å². The summed E-state index contributed by atoms with van der Waals surface area (Å²) < 4.78 is 25.0. The Morgan fingerprint density at radius 2 is 2.29 bits per heavy atom. The first kappa shape index (κ1) is 10.9. The lowest BCUT2D eigenvalue weighted by Gasteiger charge is -2.07. The molecule has 0 radical (unpaired) electrons. The first-order valence-corrected chi connectivity index (χ1v) is 4.45. The quantitative estimate of drug-likeness (QED) is 0.890. The fraction of sp³-hybridized carbons (Fsp3) is 0.250. The Morgan fingerprint density at radius 1 is 1.64 bits per heavy atom. The third kappa shape index (κ3) is 2.17. The number of halogens is 3. The number of nitrogens with zero attached hydrogens (tertiary/aromatic N) is 2. The van der Waals surface area contributed by atoms with Crippen LogP contribution in [0.5, 0.6) is 0 Å². The Hall–Kier alpha value is -1.22. The molecule has 14 heavy (non-hydrogen) atoms. The zero-order valence-corrected chi connectivity index (χ0v) is 8.55. The first-order chi connectivity index (χ1) is 6.56. The lowest BCUT2D eigenvalue weighted by atomic mass is 10.2. The van der Waals surface area contributed by atoms with Crippen molar-refractivity contribution in [3.8, 4) is 6.07 Å². The molecule has 0 aromatic carbocycles. The van der Waals surface area contributed by atoms with Crippen LogP contribution in [0.2, 0.25) is 0 Å². The van der Waals surface area contributed by atoms with E-state index in [0.29, 0.717) is 0 Å². The number of hydrogen-bond donors (Lipinski definition) is 1. The topological polar surface area (TPSA) is 62.7 Å². The molecule has 3 nitrogen and oxygen atoms in total. The molecule has 0 fully saturated rings. The summed E-state index contributed by atoms with van der Waals surface area (Å²) >= 11 is 2.97. The number of alkyl halides is 2. The van der Waals surface area contributed by atoms with Gasteiger partial charge in [-0.3, -0.25) is 0 Å². The summed E-state index contributed by atoms with van der Waals surface area (Å²) in [5, 5.41) is 8.43. The second-order valence-electron chi connectivity index (χ2n) is 2.53. The van der Waals surface area contributed by atoms with E-state index in [1.807, 2.05) is 6.07 Å². The van der Waals surface area contributed by atoms with E-state index in [2.05, 4.69) is 20.9 Å². The normalized spacial score (nSPS) is 10.2. The molecule has 0 aliphatic heterocycles. The van der Waals surface area contributed by atoms with E-state index < -0.39 is 6.43 Å². The summed E-state index contributed by atoms with van der Waals surface area (Å²) in [5.41, 5.74) is 5.33. The average molecular weight is 262 g/mol. The molecule has 0 bridgehead atoms. The molecule has 1 rings (SSSR count). The Balaban J connectivity index is 3.26. The molecule has 0 saturated heterocycles. The van der Waals surface area contributed by atoms with Crippen molar-refractivity contribution in [2.75, 3.05) is 5.73 Å². The van der Waals surface area contributed by atoms with Gasteiger partial charge < -0.3 is 5.73 Å². The molecular weight excluding hydrogens is 256 g/mol. The van der Waals surface area contributed by atoms with Gasteiger partial charge in [-0.25, -0.2) is 13.8 Å². The largest absolute Gasteiger partial charge is 0.384 e. The van der Waals surface area contributed by atoms with Crippen LogP contribution in [0.3, 0.4) is 0 Å². The highest BCUT2D eigenvalue weighted by Crippen LogP contribution is 2.30. The van der Waals surface area contributed by atoms with Gasteiger partial charge >= 0.3 is 0 Å². The minimum atomic E-state index is -2.63. The van der Waals surface area contributed by atoms with Gasteiger partial charge in [0.25, 0.3) is 6.43 Å². The summed E-state index contributed by atoms with van der Waals surface area (Å²) in [4.78, 5) is 3.78. The number of nitriles is 1. The van der Waals surface area contributed by atoms with Crippen molar-refractivity contribution >= 4 is 21.7 Å². The van der Waals surface area contributed by atoms with Gasteiger partial charge in [-0.2, -0.15) is 5.26 Å². The minimum absolute atomic E-state index is 0.00579. The lowest BCUT2D eigenvalue weighted by Crippen LogP contribution is -2.01. The van der Waals surface area contributed by atoms with Crippen LogP contribution < -0.4 is 5.73 Å². The number of nitrogen functional groups attached to an aromatic ring is 1. The van der Waals surface area contributed by atoms with E-state index in [1.54, 1.807) is 0 Å². The van der Waals surface area contributed by atoms with E-state index in [4.69, 9.17) is 11.0 Å². The number of hydrogen-bond acceptors (Lipinski definition) is 3. The van der Waals surface area contributed by atoms with Gasteiger partial charge in [-0.05, 0) is 22.0 Å². The molecule has 0 spiro atoms. The molecule has 1 aromatic heterocycles. The number of anilines is 1. The molecule has 0 aliphatic rings. The Kier molecular flexibility index (Phi) is 3.36. The predicted octanol–water partition coefficient (Wildman–Crippen LogP) is 2.43.